The molecule has 6 aliphatic heterocycles. The first kappa shape index (κ1) is 91.2. The largest absolute Gasteiger partial charge is 0.385 e. The van der Waals surface area contributed by atoms with E-state index in [0.29, 0.717) is 185 Å². The molecule has 6 aromatic heterocycles. The van der Waals surface area contributed by atoms with E-state index in [4.69, 9.17) is 14.2 Å². The van der Waals surface area contributed by atoms with Crippen LogP contribution in [0.1, 0.15) is 196 Å². The number of carbonyl (C=O) groups is 10. The van der Waals surface area contributed by atoms with Crippen LogP contribution in [-0.4, -0.2) is 253 Å². The van der Waals surface area contributed by atoms with Crippen molar-refractivity contribution in [3.05, 3.63) is 139 Å². The van der Waals surface area contributed by atoms with Gasteiger partial charge in [0.05, 0.1) is 28.8 Å². The first-order valence-electron chi connectivity index (χ1n) is 41.2. The molecule has 3 atom stereocenters. The number of ether oxygens (including phenoxy) is 3. The number of aromatic nitrogens is 6. The van der Waals surface area contributed by atoms with Crippen LogP contribution in [0.4, 0.5) is 49.3 Å². The van der Waals surface area contributed by atoms with Crippen LogP contribution in [0.2, 0.25) is 0 Å². The molecular weight excluding hydrogens is 1550 g/mol. The highest BCUT2D eigenvalue weighted by Gasteiger charge is 2.38. The minimum atomic E-state index is -0.502. The van der Waals surface area contributed by atoms with Gasteiger partial charge in [0.1, 0.15) is 76.2 Å². The van der Waals surface area contributed by atoms with Crippen molar-refractivity contribution in [1.29, 1.82) is 15.8 Å². The summed E-state index contributed by atoms with van der Waals surface area (Å²) in [5, 5.41) is 36.7. The molecule has 0 spiro atoms. The van der Waals surface area contributed by atoms with Gasteiger partial charge in [-0.05, 0) is 219 Å². The molecule has 12 heterocycles. The Hall–Kier alpha value is -12.1. The zero-order chi connectivity index (χ0) is 87.0. The lowest BCUT2D eigenvalue weighted by Gasteiger charge is -2.31. The number of methoxy groups -OCH3 is 3. The molecule has 3 fully saturated rings. The first-order valence-corrected chi connectivity index (χ1v) is 41.2. The number of nitrogens with zero attached hydrogens (tertiary/aromatic N) is 18. The molecule has 6 aromatic rings. The third kappa shape index (κ3) is 22.9. The van der Waals surface area contributed by atoms with Gasteiger partial charge in [-0.2, -0.15) is 15.8 Å². The van der Waals surface area contributed by atoms with Crippen molar-refractivity contribution >= 4 is 95.5 Å². The minimum Gasteiger partial charge on any atom is -0.385 e. The zero-order valence-corrected chi connectivity index (χ0v) is 70.8. The number of rotatable bonds is 28. The smallest absolute Gasteiger partial charge is 0.328 e. The molecule has 3 saturated heterocycles. The van der Waals surface area contributed by atoms with E-state index >= 15 is 0 Å². The molecule has 10 amide bonds. The summed E-state index contributed by atoms with van der Waals surface area (Å²) < 4.78 is 15.3. The summed E-state index contributed by atoms with van der Waals surface area (Å²) in [6.07, 6.45) is 19.6. The number of urea groups is 3. The maximum absolute atomic E-state index is 13.3. The van der Waals surface area contributed by atoms with Gasteiger partial charge in [0.2, 0.25) is 23.6 Å². The van der Waals surface area contributed by atoms with Crippen LogP contribution in [0.25, 0.3) is 0 Å². The number of anilines is 6. The van der Waals surface area contributed by atoms with Gasteiger partial charge in [0.25, 0.3) is 0 Å². The van der Waals surface area contributed by atoms with E-state index in [-0.39, 0.29) is 78.5 Å². The van der Waals surface area contributed by atoms with Gasteiger partial charge in [-0.1, -0.05) is 0 Å². The van der Waals surface area contributed by atoms with Crippen LogP contribution in [0, 0.1) is 34.0 Å². The van der Waals surface area contributed by atoms with E-state index in [0.717, 1.165) is 111 Å². The Morgan fingerprint density at radius 3 is 1.12 bits per heavy atom. The number of likely N-dealkylation sites (tertiary alicyclic amines) is 3. The fraction of sp³-hybridized carbons (Fsp3) is 0.506. The van der Waals surface area contributed by atoms with Gasteiger partial charge in [0, 0.05) is 156 Å². The Labute approximate surface area is 705 Å². The lowest BCUT2D eigenvalue weighted by atomic mass is 10.0. The number of pyridine rings is 6. The third-order valence-corrected chi connectivity index (χ3v) is 22.7. The van der Waals surface area contributed by atoms with Crippen molar-refractivity contribution in [1.82, 2.24) is 59.3 Å². The van der Waals surface area contributed by atoms with Gasteiger partial charge in [-0.15, -0.1) is 0 Å². The SMILES string of the molecule is COCCCc1cc(NC(=O)N2CCCc3cc(CN(C)C(=O)[C@H]4CCCN4C(C)=O)c(C=O)nc32)ncc1C#N.COCCCc1cc(NC(=O)N2CCCc3cc(CN(C)C(=O)[C@H]4CCCN4C(C)C)c(C=O)nc32)ncc1C#N.COCCCc1cc(NC(=O)N2CCCc3cc(CN(C)C(=O)[C@H]4CCCN4C)c(C=O)nc32)ncc1C#N. The highest BCUT2D eigenvalue weighted by Crippen LogP contribution is 2.34. The van der Waals surface area contributed by atoms with Gasteiger partial charge >= 0.3 is 18.1 Å². The number of aldehydes is 3. The fourth-order valence-electron chi connectivity index (χ4n) is 16.4. The molecular formula is C87H109N21O13. The average molecular weight is 1660 g/mol. The standard InChI is InChI=1S/C30H39N7O4.C29H35N7O5.C28H35N7O4/c1-20(2)36-11-6-10-26(36)29(39)35(3)18-23-14-22-8-5-12-37(28(22)33-25(23)19-38)30(40)34-27-15-21(9-7-13-41-4)24(16-31)17-32-27;1-19(38)35-10-5-9-25(35)28(39)34(2)17-22-13-21-7-4-11-36(27(21)32-24(22)18-37)29(40)33-26-14-20(8-6-12-41-3)23(15-30)16-31-26;1-33-10-5-9-24(33)27(37)34(2)17-21-13-20-7-4-11-35(26(20)31-23(21)18-36)28(38)32-25-14-19(8-6-12-39-3)22(15-29)16-30-25/h14-15,17,19-20,26H,5-13,18H2,1-4H3,(H,32,34,40);13-14,16,18,25H,4-12,17H2,1-3H3,(H,31,33,40);13-14,16,18,24H,4-12,17H2,1-3H3,(H,30,32,38)/t26-;25-;24-/m111/s1. The van der Waals surface area contributed by atoms with Crippen molar-refractivity contribution in [2.24, 2.45) is 0 Å². The number of carbonyl (C=O) groups excluding carboxylic acids is 10. The molecule has 6 aliphatic rings. The van der Waals surface area contributed by atoms with Crippen molar-refractivity contribution in [3.8, 4) is 18.2 Å². The van der Waals surface area contributed by atoms with E-state index < -0.39 is 24.1 Å². The second-order valence-electron chi connectivity index (χ2n) is 31.3. The zero-order valence-electron chi connectivity index (χ0n) is 70.8. The molecule has 0 aliphatic carbocycles. The Morgan fingerprint density at radius 2 is 0.802 bits per heavy atom. The highest BCUT2D eigenvalue weighted by molar-refractivity contribution is 6.04. The Balaban J connectivity index is 0.000000191. The van der Waals surface area contributed by atoms with E-state index in [1.54, 1.807) is 75.4 Å². The van der Waals surface area contributed by atoms with Crippen molar-refractivity contribution in [2.75, 3.05) is 139 Å². The summed E-state index contributed by atoms with van der Waals surface area (Å²) in [7, 11) is 12.0. The Morgan fingerprint density at radius 1 is 0.471 bits per heavy atom. The van der Waals surface area contributed by atoms with E-state index in [1.165, 1.54) is 45.1 Å². The maximum atomic E-state index is 13.3. The monoisotopic (exact) mass is 1660 g/mol. The van der Waals surface area contributed by atoms with Crippen molar-refractivity contribution in [2.45, 2.75) is 180 Å². The molecule has 640 valence electrons. The lowest BCUT2D eigenvalue weighted by molar-refractivity contribution is -0.142. The minimum absolute atomic E-state index is 0.0297. The number of hydrogen-bond donors (Lipinski definition) is 3. The van der Waals surface area contributed by atoms with E-state index in [2.05, 4.69) is 87.7 Å². The fourth-order valence-corrected chi connectivity index (χ4v) is 16.4. The Kier molecular flexibility index (Phi) is 32.9. The summed E-state index contributed by atoms with van der Waals surface area (Å²) in [5.74, 6) is 2.01. The van der Waals surface area contributed by atoms with Crippen LogP contribution in [0.3, 0.4) is 0 Å². The number of likely N-dealkylation sites (N-methyl/N-ethyl adjacent to an activating group) is 4. The molecule has 0 aromatic carbocycles. The number of fused-ring (bicyclic) bond motifs is 3. The predicted molar refractivity (Wildman–Crippen MR) is 451 cm³/mol. The maximum Gasteiger partial charge on any atom is 0.328 e. The topological polar surface area (TPSA) is 412 Å². The van der Waals surface area contributed by atoms with Crippen LogP contribution in [0.5, 0.6) is 0 Å². The summed E-state index contributed by atoms with van der Waals surface area (Å²) in [6, 6.07) is 15.4. The number of amides is 10. The first-order chi connectivity index (χ1) is 58.4. The summed E-state index contributed by atoms with van der Waals surface area (Å²) >= 11 is 0. The van der Waals surface area contributed by atoms with Crippen LogP contribution < -0.4 is 30.7 Å². The van der Waals surface area contributed by atoms with Crippen LogP contribution in [-0.2, 0) is 91.5 Å². The van der Waals surface area contributed by atoms with Crippen LogP contribution >= 0.6 is 0 Å². The summed E-state index contributed by atoms with van der Waals surface area (Å²) in [6.45, 7) is 11.7. The molecule has 121 heavy (non-hydrogen) atoms. The number of aryl methyl sites for hydroxylation is 6. The number of nitriles is 3. The second kappa shape index (κ2) is 43.7. The van der Waals surface area contributed by atoms with E-state index in [1.807, 2.05) is 25.2 Å². The van der Waals surface area contributed by atoms with E-state index in [9.17, 15) is 63.7 Å². The van der Waals surface area contributed by atoms with Gasteiger partial charge in [0.15, 0.2) is 18.9 Å². The molecule has 34 heteroatoms. The molecule has 3 N–H and O–H groups in total. The van der Waals surface area contributed by atoms with Crippen molar-refractivity contribution < 1.29 is 62.2 Å². The van der Waals surface area contributed by atoms with Gasteiger partial charge in [-0.3, -0.25) is 74.0 Å². The normalized spacial score (nSPS) is 16.6. The molecule has 0 saturated carbocycles. The van der Waals surface area contributed by atoms with Crippen LogP contribution in [0.15, 0.2) is 55.0 Å². The van der Waals surface area contributed by atoms with Gasteiger partial charge < -0.3 is 33.8 Å². The molecule has 12 rings (SSSR count). The Bertz CT molecular complexity index is 4930. The molecule has 0 radical (unpaired) electrons. The molecule has 0 unspecified atom stereocenters. The summed E-state index contributed by atoms with van der Waals surface area (Å²) in [5.41, 5.74) is 8.69. The number of hydrogen-bond acceptors (Lipinski definition) is 24. The number of nitrogens with one attached hydrogen (secondary N) is 3. The van der Waals surface area contributed by atoms with Gasteiger partial charge in [-0.25, -0.2) is 44.3 Å². The highest BCUT2D eigenvalue weighted by atomic mass is 16.5. The predicted octanol–water partition coefficient (Wildman–Crippen LogP) is 9.03. The lowest BCUT2D eigenvalue weighted by Crippen LogP contribution is -2.46. The molecule has 34 nitrogen and oxygen atoms in total. The van der Waals surface area contributed by atoms with Crippen molar-refractivity contribution in [3.63, 3.8) is 0 Å². The summed E-state index contributed by atoms with van der Waals surface area (Å²) in [4.78, 5) is 169. The quantitative estimate of drug-likeness (QED) is 0.0304. The third-order valence-electron chi connectivity index (χ3n) is 22.7. The second-order valence-corrected chi connectivity index (χ2v) is 31.3. The average Bonchev–Trinajstić information content (AvgIpc) is 0.866. The molecule has 0 bridgehead atoms.